The summed E-state index contributed by atoms with van der Waals surface area (Å²) in [4.78, 5) is 4.09. The molecule has 0 unspecified atom stereocenters. The second-order valence-electron chi connectivity index (χ2n) is 2.87. The molecule has 2 aromatic rings. The van der Waals surface area contributed by atoms with Gasteiger partial charge in [-0.05, 0) is 40.2 Å². The number of pyridine rings is 1. The summed E-state index contributed by atoms with van der Waals surface area (Å²) >= 11 is 3.31. The average Bonchev–Trinajstić information content (AvgIpc) is 2.30. The van der Waals surface area contributed by atoms with Crippen LogP contribution < -0.4 is 0 Å². The predicted octanol–water partition coefficient (Wildman–Crippen LogP) is 4.26. The van der Waals surface area contributed by atoms with Crippen LogP contribution in [0.1, 0.15) is 0 Å². The van der Waals surface area contributed by atoms with E-state index in [9.17, 15) is 0 Å². The van der Waals surface area contributed by atoms with Crippen LogP contribution in [-0.2, 0) is 0 Å². The first-order chi connectivity index (χ1) is 7.34. The minimum Gasteiger partial charge on any atom is -0.234 e. The number of aromatic nitrogens is 1. The summed E-state index contributed by atoms with van der Waals surface area (Å²) in [6.45, 7) is 0. The molecule has 0 fully saturated rings. The van der Waals surface area contributed by atoms with Gasteiger partial charge < -0.3 is 0 Å². The maximum Gasteiger partial charge on any atom is 0.174 e. The highest BCUT2D eigenvalue weighted by molar-refractivity contribution is 9.10. The highest BCUT2D eigenvalue weighted by Crippen LogP contribution is 2.17. The maximum absolute atomic E-state index is 4.09. The molecule has 0 saturated carbocycles. The van der Waals surface area contributed by atoms with E-state index in [1.165, 1.54) is 0 Å². The number of azo groups is 1. The van der Waals surface area contributed by atoms with Crippen molar-refractivity contribution in [3.8, 4) is 0 Å². The summed E-state index contributed by atoms with van der Waals surface area (Å²) in [7, 11) is 0. The van der Waals surface area contributed by atoms with Crippen LogP contribution in [0.5, 0.6) is 0 Å². The zero-order chi connectivity index (χ0) is 10.5. The number of hydrogen-bond donors (Lipinski definition) is 0. The molecule has 0 aliphatic carbocycles. The summed E-state index contributed by atoms with van der Waals surface area (Å²) < 4.78 is 0.932. The van der Waals surface area contributed by atoms with Gasteiger partial charge in [-0.15, -0.1) is 10.2 Å². The fourth-order valence-corrected chi connectivity index (χ4v) is 1.27. The van der Waals surface area contributed by atoms with Gasteiger partial charge in [0.1, 0.15) is 0 Å². The second kappa shape index (κ2) is 4.79. The van der Waals surface area contributed by atoms with Gasteiger partial charge >= 0.3 is 0 Å². The molecule has 3 nitrogen and oxygen atoms in total. The Morgan fingerprint density at radius 2 is 1.73 bits per heavy atom. The van der Waals surface area contributed by atoms with Crippen molar-refractivity contribution in [1.82, 2.24) is 4.98 Å². The lowest BCUT2D eigenvalue weighted by Gasteiger charge is -1.92. The molecule has 0 saturated heterocycles. The molecule has 74 valence electrons. The van der Waals surface area contributed by atoms with E-state index in [2.05, 4.69) is 31.1 Å². The first-order valence-electron chi connectivity index (χ1n) is 4.43. The van der Waals surface area contributed by atoms with Crippen LogP contribution >= 0.6 is 15.9 Å². The van der Waals surface area contributed by atoms with Gasteiger partial charge in [-0.3, -0.25) is 0 Å². The van der Waals surface area contributed by atoms with Gasteiger partial charge in [-0.1, -0.05) is 18.2 Å². The molecule has 0 amide bonds. The van der Waals surface area contributed by atoms with Crippen molar-refractivity contribution in [1.29, 1.82) is 0 Å². The molecule has 0 bridgehead atoms. The SMILES string of the molecule is Brc1ccc(N=Nc2ccccc2)nc1. The van der Waals surface area contributed by atoms with E-state index in [0.717, 1.165) is 10.2 Å². The molecule has 0 N–H and O–H groups in total. The van der Waals surface area contributed by atoms with Crippen molar-refractivity contribution in [3.63, 3.8) is 0 Å². The quantitative estimate of drug-likeness (QED) is 0.745. The lowest BCUT2D eigenvalue weighted by Crippen LogP contribution is -1.71. The van der Waals surface area contributed by atoms with Gasteiger partial charge in [0.15, 0.2) is 5.82 Å². The van der Waals surface area contributed by atoms with Crippen molar-refractivity contribution in [2.45, 2.75) is 0 Å². The number of halogens is 1. The Hall–Kier alpha value is -1.55. The summed E-state index contributed by atoms with van der Waals surface area (Å²) in [6, 6.07) is 13.2. The normalized spacial score (nSPS) is 10.7. The van der Waals surface area contributed by atoms with Crippen LogP contribution in [0, 0.1) is 0 Å². The Kier molecular flexibility index (Phi) is 3.19. The maximum atomic E-state index is 4.09. The minimum atomic E-state index is 0.599. The third-order valence-corrected chi connectivity index (χ3v) is 2.20. The van der Waals surface area contributed by atoms with E-state index in [0.29, 0.717) is 5.82 Å². The topological polar surface area (TPSA) is 37.6 Å². The Labute approximate surface area is 96.0 Å². The molecule has 0 radical (unpaired) electrons. The zero-order valence-corrected chi connectivity index (χ0v) is 9.42. The van der Waals surface area contributed by atoms with Crippen LogP contribution in [0.3, 0.4) is 0 Å². The number of rotatable bonds is 2. The number of hydrogen-bond acceptors (Lipinski definition) is 3. The molecular weight excluding hydrogens is 254 g/mol. The fourth-order valence-electron chi connectivity index (χ4n) is 1.03. The van der Waals surface area contributed by atoms with E-state index in [1.54, 1.807) is 12.3 Å². The van der Waals surface area contributed by atoms with Crippen LogP contribution in [0.4, 0.5) is 11.5 Å². The fraction of sp³-hybridized carbons (Fsp3) is 0. The van der Waals surface area contributed by atoms with E-state index in [-0.39, 0.29) is 0 Å². The van der Waals surface area contributed by atoms with E-state index < -0.39 is 0 Å². The van der Waals surface area contributed by atoms with Gasteiger partial charge in [0.05, 0.1) is 5.69 Å². The van der Waals surface area contributed by atoms with Crippen molar-refractivity contribution >= 4 is 27.4 Å². The van der Waals surface area contributed by atoms with Crippen molar-refractivity contribution in [2.75, 3.05) is 0 Å². The summed E-state index contributed by atoms with van der Waals surface area (Å²) in [5.41, 5.74) is 0.821. The van der Waals surface area contributed by atoms with E-state index in [1.807, 2.05) is 36.4 Å². The van der Waals surface area contributed by atoms with Crippen molar-refractivity contribution in [2.24, 2.45) is 10.2 Å². The minimum absolute atomic E-state index is 0.599. The van der Waals surface area contributed by atoms with Crippen LogP contribution in [0.25, 0.3) is 0 Å². The van der Waals surface area contributed by atoms with Crippen LogP contribution in [0.2, 0.25) is 0 Å². The highest BCUT2D eigenvalue weighted by atomic mass is 79.9. The van der Waals surface area contributed by atoms with Gasteiger partial charge in [0.2, 0.25) is 0 Å². The Morgan fingerprint density at radius 1 is 0.933 bits per heavy atom. The van der Waals surface area contributed by atoms with Crippen molar-refractivity contribution < 1.29 is 0 Å². The Balaban J connectivity index is 2.15. The monoisotopic (exact) mass is 261 g/mol. The molecule has 0 spiro atoms. The lowest BCUT2D eigenvalue weighted by atomic mass is 10.3. The molecule has 0 aliphatic heterocycles. The molecule has 4 heteroatoms. The van der Waals surface area contributed by atoms with Gasteiger partial charge in [0, 0.05) is 10.7 Å². The number of nitrogens with zero attached hydrogens (tertiary/aromatic N) is 3. The smallest absolute Gasteiger partial charge is 0.174 e. The molecule has 15 heavy (non-hydrogen) atoms. The summed E-state index contributed by atoms with van der Waals surface area (Å²) in [5, 5.41) is 8.06. The zero-order valence-electron chi connectivity index (χ0n) is 7.84. The van der Waals surface area contributed by atoms with Crippen molar-refractivity contribution in [3.05, 3.63) is 53.1 Å². The molecule has 0 atom stereocenters. The third kappa shape index (κ3) is 2.95. The molecule has 1 heterocycles. The largest absolute Gasteiger partial charge is 0.234 e. The van der Waals surface area contributed by atoms with Gasteiger partial charge in [-0.25, -0.2) is 4.98 Å². The van der Waals surface area contributed by atoms with E-state index >= 15 is 0 Å². The lowest BCUT2D eigenvalue weighted by molar-refractivity contribution is 1.15. The van der Waals surface area contributed by atoms with Gasteiger partial charge in [0.25, 0.3) is 0 Å². The molecular formula is C11H8BrN3. The predicted molar refractivity (Wildman–Crippen MR) is 62.6 cm³/mol. The van der Waals surface area contributed by atoms with E-state index in [4.69, 9.17) is 0 Å². The molecule has 0 aliphatic rings. The standard InChI is InChI=1S/C11H8BrN3/c12-9-6-7-11(13-8-9)15-14-10-4-2-1-3-5-10/h1-8H. The first-order valence-corrected chi connectivity index (χ1v) is 5.22. The molecule has 1 aromatic carbocycles. The summed E-state index contributed by atoms with van der Waals surface area (Å²) in [6.07, 6.45) is 1.69. The second-order valence-corrected chi connectivity index (χ2v) is 3.79. The molecule has 1 aromatic heterocycles. The molecule has 2 rings (SSSR count). The Morgan fingerprint density at radius 3 is 2.40 bits per heavy atom. The average molecular weight is 262 g/mol. The Bertz CT molecular complexity index is 451. The van der Waals surface area contributed by atoms with Gasteiger partial charge in [-0.2, -0.15) is 0 Å². The van der Waals surface area contributed by atoms with Crippen LogP contribution in [0.15, 0.2) is 63.4 Å². The highest BCUT2D eigenvalue weighted by Gasteiger charge is 1.91. The summed E-state index contributed by atoms with van der Waals surface area (Å²) in [5.74, 6) is 0.599. The van der Waals surface area contributed by atoms with Crippen LogP contribution in [-0.4, -0.2) is 4.98 Å². The first kappa shape index (κ1) is 9.98. The number of benzene rings is 1. The third-order valence-electron chi connectivity index (χ3n) is 1.74.